The molecule has 2 aromatic rings. The fraction of sp³-hybridized carbons (Fsp3) is 0.200. The summed E-state index contributed by atoms with van der Waals surface area (Å²) in [6.07, 6.45) is 1.79. The predicted octanol–water partition coefficient (Wildman–Crippen LogP) is 4.83. The molecule has 0 aromatic heterocycles. The minimum absolute atomic E-state index is 0.105. The number of rotatable bonds is 1. The lowest BCUT2D eigenvalue weighted by Crippen LogP contribution is -2.18. The van der Waals surface area contributed by atoms with Gasteiger partial charge < -0.3 is 5.32 Å². The van der Waals surface area contributed by atoms with Gasteiger partial charge in [0.15, 0.2) is 0 Å². The Balaban J connectivity index is 1.89. The summed E-state index contributed by atoms with van der Waals surface area (Å²) < 4.78 is 27.0. The first-order valence-electron chi connectivity index (χ1n) is 6.13. The van der Waals surface area contributed by atoms with Crippen LogP contribution in [0.25, 0.3) is 0 Å². The number of nitrogens with one attached hydrogen (secondary N) is 1. The maximum atomic E-state index is 13.6. The molecule has 1 aliphatic rings. The summed E-state index contributed by atoms with van der Waals surface area (Å²) in [6, 6.07) is 9.88. The van der Waals surface area contributed by atoms with E-state index in [1.54, 1.807) is 12.1 Å². The summed E-state index contributed by atoms with van der Waals surface area (Å²) in [5.74, 6) is -0.513. The van der Waals surface area contributed by atoms with E-state index in [0.717, 1.165) is 29.7 Å². The van der Waals surface area contributed by atoms with E-state index >= 15 is 0 Å². The van der Waals surface area contributed by atoms with Crippen molar-refractivity contribution >= 4 is 21.6 Å². The lowest BCUT2D eigenvalue weighted by molar-refractivity contribution is 0.611. The summed E-state index contributed by atoms with van der Waals surface area (Å²) in [7, 11) is 0. The molecule has 19 heavy (non-hydrogen) atoms. The molecule has 0 fully saturated rings. The van der Waals surface area contributed by atoms with E-state index in [0.29, 0.717) is 4.47 Å². The summed E-state index contributed by atoms with van der Waals surface area (Å²) in [6.45, 7) is 0. The molecule has 0 bridgehead atoms. The van der Waals surface area contributed by atoms with E-state index in [2.05, 4.69) is 21.2 Å². The Kier molecular flexibility index (Phi) is 3.27. The lowest BCUT2D eigenvalue weighted by atomic mass is 9.93. The fourth-order valence-electron chi connectivity index (χ4n) is 2.43. The van der Waals surface area contributed by atoms with Crippen molar-refractivity contribution in [3.05, 3.63) is 63.6 Å². The summed E-state index contributed by atoms with van der Waals surface area (Å²) >= 11 is 3.20. The number of halogens is 3. The molecule has 0 saturated heterocycles. The maximum absolute atomic E-state index is 13.6. The zero-order valence-electron chi connectivity index (χ0n) is 10.1. The van der Waals surface area contributed by atoms with Crippen LogP contribution in [0.1, 0.15) is 23.6 Å². The van der Waals surface area contributed by atoms with Gasteiger partial charge in [-0.1, -0.05) is 12.1 Å². The van der Waals surface area contributed by atoms with E-state index < -0.39 is 0 Å². The smallest absolute Gasteiger partial charge is 0.139 e. The third-order valence-electron chi connectivity index (χ3n) is 3.45. The molecule has 0 aliphatic carbocycles. The Labute approximate surface area is 118 Å². The van der Waals surface area contributed by atoms with Gasteiger partial charge in [-0.2, -0.15) is 0 Å². The Hall–Kier alpha value is -1.42. The zero-order valence-corrected chi connectivity index (χ0v) is 11.7. The normalized spacial score (nSPS) is 17.7. The number of fused-ring (bicyclic) bond motifs is 1. The summed E-state index contributed by atoms with van der Waals surface area (Å²) in [4.78, 5) is 0. The summed E-state index contributed by atoms with van der Waals surface area (Å²) in [5.41, 5.74) is 2.95. The topological polar surface area (TPSA) is 12.0 Å². The average molecular weight is 324 g/mol. The van der Waals surface area contributed by atoms with Gasteiger partial charge in [0.05, 0.1) is 10.5 Å². The molecule has 98 valence electrons. The van der Waals surface area contributed by atoms with Crippen LogP contribution >= 0.6 is 15.9 Å². The van der Waals surface area contributed by atoms with Crippen LogP contribution in [0.3, 0.4) is 0 Å². The van der Waals surface area contributed by atoms with Crippen molar-refractivity contribution in [2.45, 2.75) is 18.9 Å². The monoisotopic (exact) mass is 323 g/mol. The molecule has 0 radical (unpaired) electrons. The molecule has 4 heteroatoms. The Morgan fingerprint density at radius 2 is 1.84 bits per heavy atom. The second kappa shape index (κ2) is 4.93. The molecule has 1 atom stereocenters. The Morgan fingerprint density at radius 3 is 2.58 bits per heavy atom. The SMILES string of the molecule is Fc1ccc(C2CCc3cc(Br)c(F)cc3N2)cc1. The molecule has 0 saturated carbocycles. The third kappa shape index (κ3) is 2.50. The van der Waals surface area contributed by atoms with Crippen LogP contribution in [0.4, 0.5) is 14.5 Å². The van der Waals surface area contributed by atoms with E-state index in [1.807, 2.05) is 6.07 Å². The van der Waals surface area contributed by atoms with Crippen molar-refractivity contribution in [1.82, 2.24) is 0 Å². The Bertz CT molecular complexity index is 610. The molecular formula is C15H12BrF2N. The van der Waals surface area contributed by atoms with Crippen LogP contribution in [0, 0.1) is 11.6 Å². The van der Waals surface area contributed by atoms with Crippen molar-refractivity contribution in [2.75, 3.05) is 5.32 Å². The zero-order chi connectivity index (χ0) is 13.4. The minimum atomic E-state index is -0.272. The number of anilines is 1. The van der Waals surface area contributed by atoms with Gasteiger partial charge in [0, 0.05) is 5.69 Å². The highest BCUT2D eigenvalue weighted by Gasteiger charge is 2.20. The number of benzene rings is 2. The highest BCUT2D eigenvalue weighted by Crippen LogP contribution is 2.35. The molecule has 0 spiro atoms. The van der Waals surface area contributed by atoms with Crippen LogP contribution in [-0.2, 0) is 6.42 Å². The van der Waals surface area contributed by atoms with E-state index in [1.165, 1.54) is 18.2 Å². The number of hydrogen-bond donors (Lipinski definition) is 1. The molecule has 0 amide bonds. The minimum Gasteiger partial charge on any atom is -0.378 e. The van der Waals surface area contributed by atoms with Crippen LogP contribution in [-0.4, -0.2) is 0 Å². The molecule has 1 aliphatic heterocycles. The van der Waals surface area contributed by atoms with Gasteiger partial charge in [-0.05, 0) is 64.2 Å². The molecule has 3 rings (SSSR count). The number of aryl methyl sites for hydroxylation is 1. The van der Waals surface area contributed by atoms with E-state index in [-0.39, 0.29) is 17.7 Å². The molecule has 1 N–H and O–H groups in total. The van der Waals surface area contributed by atoms with E-state index in [4.69, 9.17) is 0 Å². The first-order valence-corrected chi connectivity index (χ1v) is 6.93. The quantitative estimate of drug-likeness (QED) is 0.792. The van der Waals surface area contributed by atoms with Gasteiger partial charge in [-0.3, -0.25) is 0 Å². The first-order chi connectivity index (χ1) is 9.13. The number of hydrogen-bond acceptors (Lipinski definition) is 1. The van der Waals surface area contributed by atoms with Crippen molar-refractivity contribution in [3.63, 3.8) is 0 Å². The molecular weight excluding hydrogens is 312 g/mol. The van der Waals surface area contributed by atoms with Crippen molar-refractivity contribution in [3.8, 4) is 0 Å². The second-order valence-corrected chi connectivity index (χ2v) is 5.56. The van der Waals surface area contributed by atoms with Gasteiger partial charge in [0.25, 0.3) is 0 Å². The predicted molar refractivity (Wildman–Crippen MR) is 75.2 cm³/mol. The van der Waals surface area contributed by atoms with E-state index in [9.17, 15) is 8.78 Å². The van der Waals surface area contributed by atoms with Gasteiger partial charge in [-0.15, -0.1) is 0 Å². The molecule has 2 aromatic carbocycles. The molecule has 1 unspecified atom stereocenters. The average Bonchev–Trinajstić information content (AvgIpc) is 2.40. The Morgan fingerprint density at radius 1 is 1.11 bits per heavy atom. The highest BCUT2D eigenvalue weighted by atomic mass is 79.9. The van der Waals surface area contributed by atoms with Gasteiger partial charge in [0.2, 0.25) is 0 Å². The first kappa shape index (κ1) is 12.6. The van der Waals surface area contributed by atoms with Gasteiger partial charge >= 0.3 is 0 Å². The van der Waals surface area contributed by atoms with Crippen LogP contribution < -0.4 is 5.32 Å². The standard InChI is InChI=1S/C15H12BrF2N/c16-12-7-10-3-6-14(19-15(10)8-13(12)18)9-1-4-11(17)5-2-9/h1-2,4-5,7-8,14,19H,3,6H2. The van der Waals surface area contributed by atoms with Crippen molar-refractivity contribution in [1.29, 1.82) is 0 Å². The maximum Gasteiger partial charge on any atom is 0.139 e. The second-order valence-electron chi connectivity index (χ2n) is 4.71. The van der Waals surface area contributed by atoms with Crippen molar-refractivity contribution in [2.24, 2.45) is 0 Å². The molecule has 1 nitrogen and oxygen atoms in total. The molecule has 1 heterocycles. The third-order valence-corrected chi connectivity index (χ3v) is 4.06. The van der Waals surface area contributed by atoms with Gasteiger partial charge in [0.1, 0.15) is 11.6 Å². The summed E-state index contributed by atoms with van der Waals surface area (Å²) in [5, 5.41) is 3.32. The van der Waals surface area contributed by atoms with Crippen LogP contribution in [0.15, 0.2) is 40.9 Å². The highest BCUT2D eigenvalue weighted by molar-refractivity contribution is 9.10. The largest absolute Gasteiger partial charge is 0.378 e. The van der Waals surface area contributed by atoms with Gasteiger partial charge in [-0.25, -0.2) is 8.78 Å². The van der Waals surface area contributed by atoms with Crippen molar-refractivity contribution < 1.29 is 8.78 Å². The van der Waals surface area contributed by atoms with Crippen LogP contribution in [0.5, 0.6) is 0 Å². The van der Waals surface area contributed by atoms with Crippen LogP contribution in [0.2, 0.25) is 0 Å². The lowest BCUT2D eigenvalue weighted by Gasteiger charge is -2.27. The fourth-order valence-corrected chi connectivity index (χ4v) is 2.82.